The van der Waals surface area contributed by atoms with Gasteiger partial charge in [0.1, 0.15) is 0 Å². The third-order valence-corrected chi connectivity index (χ3v) is 5.17. The molecule has 0 aliphatic carbocycles. The zero-order valence-electron chi connectivity index (χ0n) is 13.8. The molecule has 5 heteroatoms. The molecule has 0 spiro atoms. The van der Waals surface area contributed by atoms with Crippen molar-refractivity contribution in [3.05, 3.63) is 93.9 Å². The molecule has 0 atom stereocenters. The van der Waals surface area contributed by atoms with Gasteiger partial charge >= 0.3 is 0 Å². The molecule has 2 heterocycles. The van der Waals surface area contributed by atoms with Crippen LogP contribution < -0.4 is 0 Å². The first-order chi connectivity index (χ1) is 12.2. The number of amides is 1. The van der Waals surface area contributed by atoms with E-state index in [0.717, 1.165) is 21.2 Å². The highest BCUT2D eigenvalue weighted by Gasteiger charge is 2.17. The van der Waals surface area contributed by atoms with Gasteiger partial charge in [-0.15, -0.1) is 17.9 Å². The van der Waals surface area contributed by atoms with Gasteiger partial charge in [-0.05, 0) is 35.2 Å². The second-order valence-corrected chi connectivity index (χ2v) is 7.03. The van der Waals surface area contributed by atoms with E-state index in [1.165, 1.54) is 11.3 Å². The molecule has 0 aliphatic heterocycles. The number of hydrogen-bond donors (Lipinski definition) is 0. The Kier molecular flexibility index (Phi) is 5.74. The van der Waals surface area contributed by atoms with Gasteiger partial charge in [0.05, 0.1) is 11.4 Å². The Balaban J connectivity index is 1.79. The summed E-state index contributed by atoms with van der Waals surface area (Å²) < 4.78 is 2.12. The second-order valence-electron chi connectivity index (χ2n) is 5.67. The molecule has 128 valence electrons. The van der Waals surface area contributed by atoms with Gasteiger partial charge in [-0.25, -0.2) is 0 Å². The maximum absolute atomic E-state index is 12.7. The molecule has 1 aromatic carbocycles. The quantitative estimate of drug-likeness (QED) is 0.532. The van der Waals surface area contributed by atoms with Gasteiger partial charge in [-0.3, -0.25) is 4.79 Å². The molecule has 0 saturated heterocycles. The molecule has 25 heavy (non-hydrogen) atoms. The van der Waals surface area contributed by atoms with Crippen LogP contribution in [0, 0.1) is 0 Å². The molecule has 0 N–H and O–H groups in total. The molecule has 1 amide bonds. The first-order valence-corrected chi connectivity index (χ1v) is 9.26. The van der Waals surface area contributed by atoms with E-state index in [4.69, 9.17) is 11.6 Å². The number of rotatable bonds is 7. The summed E-state index contributed by atoms with van der Waals surface area (Å²) in [6.07, 6.45) is 3.77. The Morgan fingerprint density at radius 3 is 2.76 bits per heavy atom. The molecule has 0 fully saturated rings. The van der Waals surface area contributed by atoms with Crippen molar-refractivity contribution in [3.8, 4) is 0 Å². The van der Waals surface area contributed by atoms with Crippen molar-refractivity contribution in [2.24, 2.45) is 0 Å². The highest BCUT2D eigenvalue weighted by atomic mass is 35.5. The van der Waals surface area contributed by atoms with E-state index < -0.39 is 0 Å². The Bertz CT molecular complexity index is 854. The van der Waals surface area contributed by atoms with Crippen LogP contribution in [-0.2, 0) is 13.1 Å². The van der Waals surface area contributed by atoms with Crippen molar-refractivity contribution >= 4 is 28.8 Å². The number of aromatic nitrogens is 1. The van der Waals surface area contributed by atoms with Crippen LogP contribution in [-0.4, -0.2) is 21.9 Å². The zero-order valence-corrected chi connectivity index (χ0v) is 15.3. The minimum Gasteiger partial charge on any atom is -0.345 e. The van der Waals surface area contributed by atoms with Crippen LogP contribution in [0.25, 0.3) is 0 Å². The second kappa shape index (κ2) is 8.19. The fraction of sp³-hybridized carbons (Fsp3) is 0.150. The Morgan fingerprint density at radius 2 is 2.04 bits per heavy atom. The first kappa shape index (κ1) is 17.5. The van der Waals surface area contributed by atoms with Gasteiger partial charge in [0.15, 0.2) is 0 Å². The van der Waals surface area contributed by atoms with Gasteiger partial charge in [0.2, 0.25) is 0 Å². The van der Waals surface area contributed by atoms with Crippen LogP contribution in [0.15, 0.2) is 72.8 Å². The number of halogens is 1. The van der Waals surface area contributed by atoms with Gasteiger partial charge < -0.3 is 9.47 Å². The molecule has 3 rings (SSSR count). The SMILES string of the molecule is C=CCN(Cc1cccn1Cc1ccccc1Cl)C(=O)c1cccs1. The summed E-state index contributed by atoms with van der Waals surface area (Å²) in [5.41, 5.74) is 2.12. The summed E-state index contributed by atoms with van der Waals surface area (Å²) in [6, 6.07) is 15.6. The van der Waals surface area contributed by atoms with E-state index in [1.807, 2.05) is 60.1 Å². The summed E-state index contributed by atoms with van der Waals surface area (Å²) in [4.78, 5) is 15.2. The summed E-state index contributed by atoms with van der Waals surface area (Å²) in [5, 5.41) is 2.67. The van der Waals surface area contributed by atoms with E-state index >= 15 is 0 Å². The lowest BCUT2D eigenvalue weighted by molar-refractivity contribution is 0.0764. The summed E-state index contributed by atoms with van der Waals surface area (Å²) >= 11 is 7.73. The van der Waals surface area contributed by atoms with E-state index in [2.05, 4.69) is 11.1 Å². The molecule has 2 aromatic heterocycles. The van der Waals surface area contributed by atoms with E-state index in [1.54, 1.807) is 11.0 Å². The van der Waals surface area contributed by atoms with Crippen LogP contribution in [0.1, 0.15) is 20.9 Å². The average Bonchev–Trinajstić information content (AvgIpc) is 3.28. The highest BCUT2D eigenvalue weighted by Crippen LogP contribution is 2.19. The molecular formula is C20H19ClN2OS. The molecule has 0 aliphatic rings. The largest absolute Gasteiger partial charge is 0.345 e. The molecule has 0 unspecified atom stereocenters. The molecule has 0 bridgehead atoms. The number of carbonyl (C=O) groups is 1. The Morgan fingerprint density at radius 1 is 1.20 bits per heavy atom. The van der Waals surface area contributed by atoms with Crippen molar-refractivity contribution in [1.82, 2.24) is 9.47 Å². The van der Waals surface area contributed by atoms with Crippen molar-refractivity contribution in [2.75, 3.05) is 6.54 Å². The van der Waals surface area contributed by atoms with Crippen molar-refractivity contribution in [1.29, 1.82) is 0 Å². The predicted octanol–water partition coefficient (Wildman–Crippen LogP) is 5.08. The maximum Gasteiger partial charge on any atom is 0.264 e. The third kappa shape index (κ3) is 4.21. The van der Waals surface area contributed by atoms with Crippen LogP contribution in [0.3, 0.4) is 0 Å². The van der Waals surface area contributed by atoms with Gasteiger partial charge in [-0.2, -0.15) is 0 Å². The van der Waals surface area contributed by atoms with E-state index in [9.17, 15) is 4.79 Å². The normalized spacial score (nSPS) is 10.6. The first-order valence-electron chi connectivity index (χ1n) is 8.00. The summed E-state index contributed by atoms with van der Waals surface area (Å²) in [6.45, 7) is 5.49. The Labute approximate surface area is 156 Å². The number of carbonyl (C=O) groups excluding carboxylic acids is 1. The third-order valence-electron chi connectivity index (χ3n) is 3.94. The number of benzene rings is 1. The van der Waals surface area contributed by atoms with Gasteiger partial charge in [0, 0.05) is 30.0 Å². The van der Waals surface area contributed by atoms with Crippen LogP contribution in [0.2, 0.25) is 5.02 Å². The van der Waals surface area contributed by atoms with Crippen molar-refractivity contribution < 1.29 is 4.79 Å². The molecule has 3 aromatic rings. The van der Waals surface area contributed by atoms with Crippen molar-refractivity contribution in [3.63, 3.8) is 0 Å². The number of thiophene rings is 1. The minimum absolute atomic E-state index is 0.0281. The summed E-state index contributed by atoms with van der Waals surface area (Å²) in [5.74, 6) is 0.0281. The molecule has 3 nitrogen and oxygen atoms in total. The van der Waals surface area contributed by atoms with Gasteiger partial charge in [0.25, 0.3) is 5.91 Å². The number of nitrogens with zero attached hydrogens (tertiary/aromatic N) is 2. The van der Waals surface area contributed by atoms with Gasteiger partial charge in [-0.1, -0.05) is 41.9 Å². The highest BCUT2D eigenvalue weighted by molar-refractivity contribution is 7.12. The van der Waals surface area contributed by atoms with Crippen LogP contribution in [0.4, 0.5) is 0 Å². The van der Waals surface area contributed by atoms with Crippen molar-refractivity contribution in [2.45, 2.75) is 13.1 Å². The maximum atomic E-state index is 12.7. The lowest BCUT2D eigenvalue weighted by Gasteiger charge is -2.22. The zero-order chi connectivity index (χ0) is 17.6. The minimum atomic E-state index is 0.0281. The summed E-state index contributed by atoms with van der Waals surface area (Å²) in [7, 11) is 0. The van der Waals surface area contributed by atoms with Crippen LogP contribution in [0.5, 0.6) is 0 Å². The smallest absolute Gasteiger partial charge is 0.264 e. The monoisotopic (exact) mass is 370 g/mol. The van der Waals surface area contributed by atoms with Crippen LogP contribution >= 0.6 is 22.9 Å². The molecule has 0 saturated carbocycles. The molecule has 0 radical (unpaired) electrons. The molecular weight excluding hydrogens is 352 g/mol. The predicted molar refractivity (Wildman–Crippen MR) is 104 cm³/mol. The average molecular weight is 371 g/mol. The standard InChI is InChI=1S/C20H19ClN2OS/c1-2-11-23(20(24)19-10-6-13-25-19)15-17-8-5-12-22(17)14-16-7-3-4-9-18(16)21/h2-10,12-13H,1,11,14-15H2. The lowest BCUT2D eigenvalue weighted by Crippen LogP contribution is -2.31. The fourth-order valence-electron chi connectivity index (χ4n) is 2.68. The van der Waals surface area contributed by atoms with E-state index in [-0.39, 0.29) is 5.91 Å². The topological polar surface area (TPSA) is 25.2 Å². The fourth-order valence-corrected chi connectivity index (χ4v) is 3.57. The number of hydrogen-bond acceptors (Lipinski definition) is 2. The lowest BCUT2D eigenvalue weighted by atomic mass is 10.2. The Hall–Kier alpha value is -2.30. The van der Waals surface area contributed by atoms with E-state index in [0.29, 0.717) is 19.6 Å².